The summed E-state index contributed by atoms with van der Waals surface area (Å²) in [4.78, 5) is 14.7. The minimum Gasteiger partial charge on any atom is -0.351 e. The van der Waals surface area contributed by atoms with Crippen LogP contribution in [0.5, 0.6) is 0 Å². The zero-order chi connectivity index (χ0) is 16.8. The van der Waals surface area contributed by atoms with Crippen LogP contribution in [0.15, 0.2) is 29.3 Å². The molecular formula is C15H18ClN3O3S. The van der Waals surface area contributed by atoms with Crippen molar-refractivity contribution in [3.8, 4) is 0 Å². The molecule has 1 aliphatic heterocycles. The van der Waals surface area contributed by atoms with Gasteiger partial charge in [-0.05, 0) is 24.1 Å². The summed E-state index contributed by atoms with van der Waals surface area (Å²) in [6.07, 6.45) is 0. The van der Waals surface area contributed by atoms with Crippen LogP contribution in [0.4, 0.5) is 0 Å². The number of piperazine rings is 1. The Kier molecular flexibility index (Phi) is 4.12. The molecule has 2 heterocycles. The number of benzene rings is 1. The van der Waals surface area contributed by atoms with Crippen molar-refractivity contribution in [2.75, 3.05) is 13.1 Å². The molecule has 1 amide bonds. The second-order valence-electron chi connectivity index (χ2n) is 6.08. The van der Waals surface area contributed by atoms with E-state index in [2.05, 4.69) is 10.3 Å². The van der Waals surface area contributed by atoms with Crippen molar-refractivity contribution in [1.29, 1.82) is 0 Å². The Balaban J connectivity index is 1.97. The van der Waals surface area contributed by atoms with Crippen LogP contribution in [0.2, 0.25) is 5.02 Å². The van der Waals surface area contributed by atoms with E-state index in [1.165, 1.54) is 4.31 Å². The van der Waals surface area contributed by atoms with Crippen LogP contribution >= 0.6 is 11.6 Å². The summed E-state index contributed by atoms with van der Waals surface area (Å²) < 4.78 is 26.9. The van der Waals surface area contributed by atoms with Crippen molar-refractivity contribution in [3.05, 3.63) is 29.3 Å². The van der Waals surface area contributed by atoms with E-state index in [0.29, 0.717) is 10.5 Å². The zero-order valence-corrected chi connectivity index (χ0v) is 14.4. The summed E-state index contributed by atoms with van der Waals surface area (Å²) in [7, 11) is -3.76. The van der Waals surface area contributed by atoms with Crippen molar-refractivity contribution < 1.29 is 13.2 Å². The highest BCUT2D eigenvalue weighted by Crippen LogP contribution is 2.25. The fraction of sp³-hybridized carbons (Fsp3) is 0.400. The number of fused-ring (bicyclic) bond motifs is 1. The largest absolute Gasteiger partial charge is 0.351 e. The summed E-state index contributed by atoms with van der Waals surface area (Å²) in [5, 5.41) is 4.19. The molecule has 0 spiro atoms. The molecule has 1 fully saturated rings. The molecule has 23 heavy (non-hydrogen) atoms. The highest BCUT2D eigenvalue weighted by atomic mass is 35.5. The lowest BCUT2D eigenvalue weighted by atomic mass is 10.0. The molecule has 0 radical (unpaired) electrons. The Morgan fingerprint density at radius 1 is 1.30 bits per heavy atom. The Morgan fingerprint density at radius 2 is 2.04 bits per heavy atom. The van der Waals surface area contributed by atoms with E-state index in [4.69, 9.17) is 11.6 Å². The van der Waals surface area contributed by atoms with Crippen LogP contribution in [-0.2, 0) is 14.8 Å². The van der Waals surface area contributed by atoms with Gasteiger partial charge in [-0.2, -0.15) is 4.31 Å². The summed E-state index contributed by atoms with van der Waals surface area (Å²) >= 11 is 5.93. The third-order valence-electron chi connectivity index (χ3n) is 4.05. The average molecular weight is 356 g/mol. The number of aromatic nitrogens is 1. The van der Waals surface area contributed by atoms with Crippen LogP contribution in [0, 0.1) is 5.92 Å². The van der Waals surface area contributed by atoms with E-state index in [1.807, 2.05) is 13.8 Å². The van der Waals surface area contributed by atoms with Gasteiger partial charge in [0.1, 0.15) is 5.03 Å². The quantitative estimate of drug-likeness (QED) is 0.883. The molecule has 0 saturated carbocycles. The van der Waals surface area contributed by atoms with E-state index in [-0.39, 0.29) is 36.0 Å². The molecule has 3 rings (SSSR count). The number of H-pyrrole nitrogens is 1. The maximum absolute atomic E-state index is 12.8. The van der Waals surface area contributed by atoms with Gasteiger partial charge >= 0.3 is 0 Å². The van der Waals surface area contributed by atoms with Gasteiger partial charge in [0, 0.05) is 28.5 Å². The van der Waals surface area contributed by atoms with Crippen LogP contribution in [0.3, 0.4) is 0 Å². The number of nitrogens with one attached hydrogen (secondary N) is 2. The number of hydrogen-bond donors (Lipinski definition) is 2. The average Bonchev–Trinajstić information content (AvgIpc) is 2.90. The maximum atomic E-state index is 12.8. The number of halogens is 1. The first-order chi connectivity index (χ1) is 10.8. The molecule has 2 N–H and O–H groups in total. The first kappa shape index (κ1) is 16.3. The lowest BCUT2D eigenvalue weighted by molar-refractivity contribution is -0.124. The monoisotopic (exact) mass is 355 g/mol. The molecule has 0 aliphatic carbocycles. The predicted octanol–water partition coefficient (Wildman–Crippen LogP) is 1.97. The highest BCUT2D eigenvalue weighted by Gasteiger charge is 2.35. The van der Waals surface area contributed by atoms with E-state index in [1.54, 1.807) is 24.3 Å². The van der Waals surface area contributed by atoms with Gasteiger partial charge < -0.3 is 10.3 Å². The minimum absolute atomic E-state index is 0.0759. The van der Waals surface area contributed by atoms with Crippen molar-refractivity contribution in [1.82, 2.24) is 14.6 Å². The Hall–Kier alpha value is -1.57. The van der Waals surface area contributed by atoms with Crippen LogP contribution in [-0.4, -0.2) is 42.7 Å². The Morgan fingerprint density at radius 3 is 2.74 bits per heavy atom. The molecule has 1 aliphatic rings. The second kappa shape index (κ2) is 5.81. The SMILES string of the molecule is CC(C)C1CN(S(=O)(=O)c2cc3ccc(Cl)cc3[nH]2)CC(=O)N1. The van der Waals surface area contributed by atoms with E-state index < -0.39 is 10.0 Å². The van der Waals surface area contributed by atoms with Gasteiger partial charge in [0.05, 0.1) is 6.54 Å². The molecule has 2 aromatic rings. The first-order valence-corrected chi connectivity index (χ1v) is 9.17. The fourth-order valence-corrected chi connectivity index (χ4v) is 4.26. The second-order valence-corrected chi connectivity index (χ2v) is 8.42. The minimum atomic E-state index is -3.76. The maximum Gasteiger partial charge on any atom is 0.259 e. The van der Waals surface area contributed by atoms with Crippen LogP contribution < -0.4 is 5.32 Å². The van der Waals surface area contributed by atoms with Crippen LogP contribution in [0.1, 0.15) is 13.8 Å². The molecule has 124 valence electrons. The molecule has 1 unspecified atom stereocenters. The molecular weight excluding hydrogens is 338 g/mol. The van der Waals surface area contributed by atoms with Crippen molar-refractivity contribution in [2.45, 2.75) is 24.9 Å². The molecule has 8 heteroatoms. The third kappa shape index (κ3) is 3.08. The number of rotatable bonds is 3. The van der Waals surface area contributed by atoms with Crippen LogP contribution in [0.25, 0.3) is 10.9 Å². The van der Waals surface area contributed by atoms with E-state index in [9.17, 15) is 13.2 Å². The van der Waals surface area contributed by atoms with Gasteiger partial charge in [-0.25, -0.2) is 8.42 Å². The molecule has 6 nitrogen and oxygen atoms in total. The first-order valence-electron chi connectivity index (χ1n) is 7.35. The van der Waals surface area contributed by atoms with E-state index >= 15 is 0 Å². The molecule has 0 bridgehead atoms. The molecule has 1 atom stereocenters. The van der Waals surface area contributed by atoms with Gasteiger partial charge in [0.2, 0.25) is 5.91 Å². The zero-order valence-electron chi connectivity index (χ0n) is 12.8. The van der Waals surface area contributed by atoms with Gasteiger partial charge in [-0.3, -0.25) is 4.79 Å². The van der Waals surface area contributed by atoms with Gasteiger partial charge in [0.15, 0.2) is 0 Å². The van der Waals surface area contributed by atoms with Crippen molar-refractivity contribution in [2.24, 2.45) is 5.92 Å². The number of aromatic amines is 1. The molecule has 1 aromatic carbocycles. The number of amides is 1. The number of carbonyl (C=O) groups is 1. The highest BCUT2D eigenvalue weighted by molar-refractivity contribution is 7.89. The van der Waals surface area contributed by atoms with Gasteiger partial charge in [-0.1, -0.05) is 31.5 Å². The lowest BCUT2D eigenvalue weighted by Gasteiger charge is -2.33. The summed E-state index contributed by atoms with van der Waals surface area (Å²) in [5.41, 5.74) is 0.651. The molecule has 1 aromatic heterocycles. The molecule has 1 saturated heterocycles. The summed E-state index contributed by atoms with van der Waals surface area (Å²) in [5.74, 6) is -0.129. The number of nitrogens with zero attached hydrogens (tertiary/aromatic N) is 1. The number of sulfonamides is 1. The van der Waals surface area contributed by atoms with Crippen molar-refractivity contribution in [3.63, 3.8) is 0 Å². The van der Waals surface area contributed by atoms with E-state index in [0.717, 1.165) is 5.39 Å². The Bertz CT molecular complexity index is 860. The number of carbonyl (C=O) groups excluding carboxylic acids is 1. The Labute approximate surface area is 139 Å². The summed E-state index contributed by atoms with van der Waals surface area (Å²) in [6.45, 7) is 4.00. The normalized spacial score (nSPS) is 20.2. The smallest absolute Gasteiger partial charge is 0.259 e. The lowest BCUT2D eigenvalue weighted by Crippen LogP contribution is -2.57. The van der Waals surface area contributed by atoms with Gasteiger partial charge in [-0.15, -0.1) is 0 Å². The third-order valence-corrected chi connectivity index (χ3v) is 6.02. The van der Waals surface area contributed by atoms with Gasteiger partial charge in [0.25, 0.3) is 10.0 Å². The summed E-state index contributed by atoms with van der Waals surface area (Å²) in [6, 6.07) is 6.52. The van der Waals surface area contributed by atoms with Crippen molar-refractivity contribution >= 4 is 38.4 Å². The standard InChI is InChI=1S/C15H18ClN3O3S/c1-9(2)13-7-19(8-14(20)17-13)23(21,22)15-5-10-3-4-11(16)6-12(10)18-15/h3-6,9,13,18H,7-8H2,1-2H3,(H,17,20). The topological polar surface area (TPSA) is 82.3 Å². The fourth-order valence-electron chi connectivity index (χ4n) is 2.65. The number of hydrogen-bond acceptors (Lipinski definition) is 3. The predicted molar refractivity (Wildman–Crippen MR) is 88.8 cm³/mol.